The quantitative estimate of drug-likeness (QED) is 0.0323. The summed E-state index contributed by atoms with van der Waals surface area (Å²) in [4.78, 5) is 195. The van der Waals surface area contributed by atoms with Crippen LogP contribution in [-0.2, 0) is 101 Å². The van der Waals surface area contributed by atoms with Gasteiger partial charge in [0, 0.05) is 79.8 Å². The van der Waals surface area contributed by atoms with Crippen molar-refractivity contribution < 1.29 is 82.8 Å². The van der Waals surface area contributed by atoms with Crippen LogP contribution < -0.4 is 80.6 Å². The van der Waals surface area contributed by atoms with Crippen LogP contribution in [0.25, 0.3) is 10.9 Å². The number of phenols is 1. The Morgan fingerprint density at radius 1 is 0.517 bits per heavy atom. The molecule has 35 heteroatoms. The number of aliphatic hydroxyl groups excluding tert-OH is 2. The Hall–Kier alpha value is -11.0. The van der Waals surface area contributed by atoms with E-state index in [1.807, 2.05) is 26.0 Å². The van der Waals surface area contributed by atoms with E-state index in [-0.39, 0.29) is 88.4 Å². The number of carboxylic acids is 1. The number of unbranched alkanes of at least 4 members (excludes halogenated alkanes) is 1. The first-order valence-corrected chi connectivity index (χ1v) is 42.2. The van der Waals surface area contributed by atoms with Crippen LogP contribution in [-0.4, -0.2) is 218 Å². The van der Waals surface area contributed by atoms with Crippen molar-refractivity contribution in [3.05, 3.63) is 173 Å². The normalized spacial score (nSPS) is 23.5. The molecule has 2 bridgehead atoms. The lowest BCUT2D eigenvalue weighted by Gasteiger charge is -2.29. The third-order valence-electron chi connectivity index (χ3n) is 20.0. The van der Waals surface area contributed by atoms with Gasteiger partial charge in [-0.15, -0.1) is 0 Å². The van der Waals surface area contributed by atoms with Crippen molar-refractivity contribution in [2.24, 2.45) is 11.5 Å². The zero-order chi connectivity index (χ0) is 85.2. The Bertz CT molecular complexity index is 4360. The molecule has 1 aromatic heterocycles. The number of aliphatic hydroxyl groups is 2. The molecule has 0 spiro atoms. The summed E-state index contributed by atoms with van der Waals surface area (Å²) in [7, 11) is 1.70. The van der Waals surface area contributed by atoms with Crippen LogP contribution in [0.3, 0.4) is 0 Å². The van der Waals surface area contributed by atoms with Crippen molar-refractivity contribution in [2.45, 2.75) is 208 Å². The molecule has 33 nitrogen and oxygen atoms in total. The lowest BCUT2D eigenvalue weighted by Crippen LogP contribution is -2.63. The number of aliphatic carboxylic acids is 1. The summed E-state index contributed by atoms with van der Waals surface area (Å²) in [6, 6.07) is 17.6. The second-order valence-corrected chi connectivity index (χ2v) is 32.3. The van der Waals surface area contributed by atoms with Crippen LogP contribution in [0, 0.1) is 0 Å². The number of hydrogen-bond acceptors (Lipinski definition) is 21. The number of H-pyrrole nitrogens is 1. The fraction of sp³-hybridized carbons (Fsp3) is 0.458. The van der Waals surface area contributed by atoms with Gasteiger partial charge in [-0.1, -0.05) is 170 Å². The topological polar surface area (TPSA) is 527 Å². The van der Waals surface area contributed by atoms with Gasteiger partial charge in [0.25, 0.3) is 0 Å². The molecule has 0 radical (unpaired) electrons. The molecular weight excluding hydrogens is 1560 g/mol. The smallest absolute Gasteiger partial charge is 0.327 e. The molecule has 22 N–H and O–H groups in total. The van der Waals surface area contributed by atoms with Crippen molar-refractivity contribution in [1.82, 2.24) is 74.1 Å². The number of aromatic amines is 1. The van der Waals surface area contributed by atoms with E-state index in [1.165, 1.54) is 19.1 Å². The van der Waals surface area contributed by atoms with Crippen molar-refractivity contribution in [1.29, 1.82) is 0 Å². The molecule has 2 aliphatic rings. The van der Waals surface area contributed by atoms with E-state index in [1.54, 1.807) is 115 Å². The molecule has 0 aliphatic carbocycles. The summed E-state index contributed by atoms with van der Waals surface area (Å²) < 4.78 is 0. The number of aromatic hydroxyl groups is 1. The minimum Gasteiger partial charge on any atom is -0.508 e. The van der Waals surface area contributed by atoms with E-state index in [4.69, 9.17) is 11.5 Å². The van der Waals surface area contributed by atoms with E-state index in [0.717, 1.165) is 27.2 Å². The summed E-state index contributed by atoms with van der Waals surface area (Å²) in [5, 5.41) is 78.9. The minimum absolute atomic E-state index is 0.0512. The van der Waals surface area contributed by atoms with Crippen LogP contribution in [0.1, 0.15) is 118 Å². The van der Waals surface area contributed by atoms with E-state index in [9.17, 15) is 54.0 Å². The predicted octanol–water partition coefficient (Wildman–Crippen LogP) is 0.387. The number of fused-ring (bicyclic) bond motifs is 12. The number of amides is 12. The highest BCUT2D eigenvalue weighted by Gasteiger charge is 2.39. The fourth-order valence-electron chi connectivity index (χ4n) is 13.3. The molecule has 5 aromatic carbocycles. The van der Waals surface area contributed by atoms with Gasteiger partial charge in [0.15, 0.2) is 0 Å². The molecule has 8 rings (SSSR count). The van der Waals surface area contributed by atoms with Gasteiger partial charge >= 0.3 is 5.97 Å². The summed E-state index contributed by atoms with van der Waals surface area (Å²) in [6.07, 6.45) is -0.388. The fourth-order valence-corrected chi connectivity index (χ4v) is 15.6. The number of rotatable bonds is 22. The number of para-hydroxylation sites is 1. The molecule has 118 heavy (non-hydrogen) atoms. The second kappa shape index (κ2) is 47.4. The Kier molecular flexibility index (Phi) is 37.2. The molecule has 3 heterocycles. The van der Waals surface area contributed by atoms with Crippen molar-refractivity contribution in [3.63, 3.8) is 0 Å². The van der Waals surface area contributed by atoms with Gasteiger partial charge in [0.05, 0.1) is 18.8 Å². The number of phenolic OH excluding ortho intramolecular Hbond substituents is 1. The van der Waals surface area contributed by atoms with Crippen molar-refractivity contribution in [3.8, 4) is 5.75 Å². The molecule has 0 saturated carbocycles. The standard InChI is InChI=1S/C83H110N16O17S2/c1-48(2)87-43-54-28-26-53(27-29-54)41-65-79(111)99-71(49(3)101)82(114)95-64(40-51-20-10-7-11-21-51)77(109)89-60-24-12-4-5-17-37-86-70(103)35-34-62(75(107)94-66(78(110)93-65)42-55-44-88-59-23-14-13-22-57(55)59)91-76(108)63(39-50-18-8-6-9-19-50)92-73(105)61(25-15-16-36-84)90-81(113)68(97-72(104)58(85)38-52-30-32-56(102)33-31-52)46-117-118-47-69(83(115)116)98-80(112)67(45-100)96-74(60)106/h6-11,13-14,18-23,26-33,44,48-49,58,60-69,71,87-88,100-102H,4-5,12,15-17,24-25,34-43,45-47,84-85H2,1-3H3,(H,86,103)(H,89,109)(H,90,113)(H,91,108)(H,92,105)(H,93,110)(H,94,107)(H,95,114)(H,96,106)(H,97,104)(H,98,112)(H,99,111)(H,115,116)/t49-,58+,60-,61+,62+,63+,64+,65+,66-,67+,68+,69+,71+/m1/s1. The van der Waals surface area contributed by atoms with Crippen molar-refractivity contribution in [2.75, 3.05) is 31.2 Å². The molecule has 2 aliphatic heterocycles. The number of benzene rings is 5. The third-order valence-corrected chi connectivity index (χ3v) is 22.5. The first-order chi connectivity index (χ1) is 56.6. The number of carbonyl (C=O) groups excluding carboxylic acids is 12. The van der Waals surface area contributed by atoms with Crippen LogP contribution in [0.15, 0.2) is 140 Å². The van der Waals surface area contributed by atoms with E-state index in [0.29, 0.717) is 70.9 Å². The average Bonchev–Trinajstić information content (AvgIpc) is 1.61. The first kappa shape index (κ1) is 92.6. The molecule has 636 valence electrons. The third kappa shape index (κ3) is 29.9. The maximum absolute atomic E-state index is 15.7. The maximum atomic E-state index is 15.7. The van der Waals surface area contributed by atoms with Gasteiger partial charge in [-0.05, 0) is 110 Å². The first-order valence-electron chi connectivity index (χ1n) is 39.7. The average molecular weight is 1670 g/mol. The van der Waals surface area contributed by atoms with Crippen LogP contribution in [0.5, 0.6) is 5.75 Å². The molecule has 6 aromatic rings. The summed E-state index contributed by atoms with van der Waals surface area (Å²) in [5.41, 5.74) is 16.5. The number of aromatic nitrogens is 1. The van der Waals surface area contributed by atoms with Gasteiger partial charge in [-0.2, -0.15) is 0 Å². The van der Waals surface area contributed by atoms with E-state index in [2.05, 4.69) is 74.1 Å². The molecule has 2 fully saturated rings. The van der Waals surface area contributed by atoms with Crippen molar-refractivity contribution >= 4 is 109 Å². The van der Waals surface area contributed by atoms with Gasteiger partial charge in [-0.3, -0.25) is 57.5 Å². The zero-order valence-electron chi connectivity index (χ0n) is 66.3. The highest BCUT2D eigenvalue weighted by atomic mass is 33.1. The van der Waals surface area contributed by atoms with Gasteiger partial charge in [0.1, 0.15) is 72.2 Å². The molecule has 0 unspecified atom stereocenters. The zero-order valence-corrected chi connectivity index (χ0v) is 67.9. The highest BCUT2D eigenvalue weighted by Crippen LogP contribution is 2.25. The lowest BCUT2D eigenvalue weighted by molar-refractivity contribution is -0.142. The number of carboxylic acid groups (broad SMARTS) is 1. The van der Waals surface area contributed by atoms with Crippen LogP contribution >= 0.6 is 21.6 Å². The number of carbonyl (C=O) groups is 13. The second-order valence-electron chi connectivity index (χ2n) is 29.8. The lowest BCUT2D eigenvalue weighted by atomic mass is 9.99. The molecule has 13 atom stereocenters. The SMILES string of the molecule is CC(C)NCc1ccc(C[C@@H]2NC(=O)[C@@H](Cc3c[nH]c4ccccc34)NC(=O)[C@@H]3CCC(=O)NCCCCCC[C@@H](NC(=O)[C@H](Cc4ccccc4)NC(=O)[C@H]([C@@H](C)O)NC2=O)C(=O)N[C@@H](CO)C(=O)N[C@H](C(=O)O)CSSC[C@H](NC(=O)[C@@H](N)Cc2ccc(O)cc2)C(=O)N[C@@H](CCCCN)C(=O)N[C@@H](Cc2ccccc2)C(=O)N3)cc1. The highest BCUT2D eigenvalue weighted by molar-refractivity contribution is 8.76. The molecular formula is C83H110N16O17S2. The van der Waals surface area contributed by atoms with Crippen LogP contribution in [0.4, 0.5) is 0 Å². The summed E-state index contributed by atoms with van der Waals surface area (Å²) >= 11 is 0. The Morgan fingerprint density at radius 2 is 1.02 bits per heavy atom. The number of nitrogens with two attached hydrogens (primary N) is 2. The Morgan fingerprint density at radius 3 is 1.62 bits per heavy atom. The molecule has 2 saturated heterocycles. The van der Waals surface area contributed by atoms with Gasteiger partial charge in [-0.25, -0.2) is 4.79 Å². The van der Waals surface area contributed by atoms with Gasteiger partial charge in [0.2, 0.25) is 70.9 Å². The predicted molar refractivity (Wildman–Crippen MR) is 445 cm³/mol. The van der Waals surface area contributed by atoms with Crippen LogP contribution in [0.2, 0.25) is 0 Å². The largest absolute Gasteiger partial charge is 0.508 e. The number of nitrogens with one attached hydrogen (secondary N) is 14. The monoisotopic (exact) mass is 1670 g/mol. The number of hydrogen-bond donors (Lipinski definition) is 20. The Labute approximate surface area is 692 Å². The van der Waals surface area contributed by atoms with E-state index >= 15 is 28.8 Å². The summed E-state index contributed by atoms with van der Waals surface area (Å²) in [5.74, 6) is -13.9. The van der Waals surface area contributed by atoms with Gasteiger partial charge < -0.3 is 106 Å². The minimum atomic E-state index is -1.87. The summed E-state index contributed by atoms with van der Waals surface area (Å²) in [6.45, 7) is 4.79. The van der Waals surface area contributed by atoms with E-state index < -0.39 is 181 Å². The maximum Gasteiger partial charge on any atom is 0.327 e. The molecule has 12 amide bonds. The Balaban J connectivity index is 1.25.